The van der Waals surface area contributed by atoms with Crippen LogP contribution in [0.2, 0.25) is 0 Å². The van der Waals surface area contributed by atoms with E-state index in [1.165, 1.54) is 0 Å². The predicted molar refractivity (Wildman–Crippen MR) is 69.3 cm³/mol. The van der Waals surface area contributed by atoms with E-state index in [9.17, 15) is 0 Å². The van der Waals surface area contributed by atoms with Crippen LogP contribution in [0.5, 0.6) is 0 Å². The van der Waals surface area contributed by atoms with Gasteiger partial charge in [-0.3, -0.25) is 4.90 Å². The van der Waals surface area contributed by atoms with E-state index in [1.54, 1.807) is 6.33 Å². The lowest BCUT2D eigenvalue weighted by atomic mass is 10.3. The van der Waals surface area contributed by atoms with Gasteiger partial charge in [0, 0.05) is 6.54 Å². The van der Waals surface area contributed by atoms with Gasteiger partial charge < -0.3 is 10.9 Å². The monoisotopic (exact) mass is 254 g/mol. The molecule has 3 N–H and O–H groups in total. The van der Waals surface area contributed by atoms with Crippen LogP contribution in [0.1, 0.15) is 32.5 Å². The average Bonchev–Trinajstić information content (AvgIpc) is 2.77. The van der Waals surface area contributed by atoms with Crippen molar-refractivity contribution in [3.8, 4) is 0 Å². The SMILES string of the molecule is CCCN(CC(N)=NO)Cc1ncnn1CCC. The minimum absolute atomic E-state index is 0.213. The Balaban J connectivity index is 2.66. The lowest BCUT2D eigenvalue weighted by Gasteiger charge is -2.20. The number of nitrogens with two attached hydrogens (primary N) is 1. The summed E-state index contributed by atoms with van der Waals surface area (Å²) in [7, 11) is 0. The summed E-state index contributed by atoms with van der Waals surface area (Å²) in [5.41, 5.74) is 5.55. The highest BCUT2D eigenvalue weighted by molar-refractivity contribution is 5.81. The van der Waals surface area contributed by atoms with E-state index in [4.69, 9.17) is 10.9 Å². The predicted octanol–water partition coefficient (Wildman–Crippen LogP) is 0.646. The van der Waals surface area contributed by atoms with E-state index in [0.717, 1.165) is 31.8 Å². The lowest BCUT2D eigenvalue weighted by Crippen LogP contribution is -2.35. The van der Waals surface area contributed by atoms with Gasteiger partial charge in [0.15, 0.2) is 5.84 Å². The third kappa shape index (κ3) is 4.33. The molecule has 0 fully saturated rings. The van der Waals surface area contributed by atoms with Crippen LogP contribution in [0.15, 0.2) is 11.5 Å². The van der Waals surface area contributed by atoms with Crippen LogP contribution in [-0.4, -0.2) is 43.8 Å². The van der Waals surface area contributed by atoms with E-state index in [-0.39, 0.29) is 5.84 Å². The van der Waals surface area contributed by atoms with E-state index in [0.29, 0.717) is 13.1 Å². The fourth-order valence-electron chi connectivity index (χ4n) is 1.80. The summed E-state index contributed by atoms with van der Waals surface area (Å²) < 4.78 is 1.90. The molecule has 18 heavy (non-hydrogen) atoms. The molecule has 0 saturated heterocycles. The van der Waals surface area contributed by atoms with Gasteiger partial charge in [-0.05, 0) is 19.4 Å². The highest BCUT2D eigenvalue weighted by atomic mass is 16.4. The first-order chi connectivity index (χ1) is 8.71. The van der Waals surface area contributed by atoms with Gasteiger partial charge in [-0.1, -0.05) is 19.0 Å². The number of rotatable bonds is 8. The molecule has 1 rings (SSSR count). The molecule has 1 aromatic rings. The summed E-state index contributed by atoms with van der Waals surface area (Å²) in [5.74, 6) is 1.13. The lowest BCUT2D eigenvalue weighted by molar-refractivity contribution is 0.276. The summed E-state index contributed by atoms with van der Waals surface area (Å²) in [5, 5.41) is 15.8. The first-order valence-corrected chi connectivity index (χ1v) is 6.26. The van der Waals surface area contributed by atoms with E-state index in [1.807, 2.05) is 4.68 Å². The number of amidine groups is 1. The molecule has 0 amide bonds. The van der Waals surface area contributed by atoms with Gasteiger partial charge in [-0.15, -0.1) is 0 Å². The highest BCUT2D eigenvalue weighted by Gasteiger charge is 2.11. The molecule has 1 aromatic heterocycles. The summed E-state index contributed by atoms with van der Waals surface area (Å²) in [6.07, 6.45) is 3.59. The molecule has 102 valence electrons. The van der Waals surface area contributed by atoms with Crippen molar-refractivity contribution in [2.24, 2.45) is 10.9 Å². The maximum atomic E-state index is 8.62. The molecular formula is C11H22N6O. The molecule has 7 nitrogen and oxygen atoms in total. The molecule has 1 heterocycles. The Hall–Kier alpha value is -1.63. The summed E-state index contributed by atoms with van der Waals surface area (Å²) in [6, 6.07) is 0. The Morgan fingerprint density at radius 2 is 2.28 bits per heavy atom. The van der Waals surface area contributed by atoms with Gasteiger partial charge in [0.1, 0.15) is 12.2 Å². The van der Waals surface area contributed by atoms with Crippen molar-refractivity contribution in [3.05, 3.63) is 12.2 Å². The maximum Gasteiger partial charge on any atom is 0.153 e. The highest BCUT2D eigenvalue weighted by Crippen LogP contribution is 2.03. The quantitative estimate of drug-likeness (QED) is 0.307. The van der Waals surface area contributed by atoms with Crippen LogP contribution in [0.3, 0.4) is 0 Å². The second-order valence-corrected chi connectivity index (χ2v) is 4.20. The molecule has 0 aliphatic heterocycles. The van der Waals surface area contributed by atoms with Crippen molar-refractivity contribution in [1.82, 2.24) is 19.7 Å². The molecule has 0 spiro atoms. The van der Waals surface area contributed by atoms with Crippen LogP contribution < -0.4 is 5.73 Å². The molecule has 0 aliphatic rings. The molecule has 0 unspecified atom stereocenters. The van der Waals surface area contributed by atoms with Crippen LogP contribution >= 0.6 is 0 Å². The zero-order valence-electron chi connectivity index (χ0n) is 11.1. The Morgan fingerprint density at radius 1 is 1.50 bits per heavy atom. The van der Waals surface area contributed by atoms with Crippen LogP contribution in [-0.2, 0) is 13.1 Å². The van der Waals surface area contributed by atoms with E-state index < -0.39 is 0 Å². The number of hydrogen-bond acceptors (Lipinski definition) is 5. The molecule has 0 radical (unpaired) electrons. The van der Waals surface area contributed by atoms with Crippen molar-refractivity contribution in [2.45, 2.75) is 39.8 Å². The fourth-order valence-corrected chi connectivity index (χ4v) is 1.80. The second kappa shape index (κ2) is 7.65. The number of aromatic nitrogens is 3. The first-order valence-electron chi connectivity index (χ1n) is 6.26. The Kier molecular flexibility index (Phi) is 6.13. The van der Waals surface area contributed by atoms with Crippen molar-refractivity contribution in [2.75, 3.05) is 13.1 Å². The maximum absolute atomic E-state index is 8.62. The van der Waals surface area contributed by atoms with Gasteiger partial charge in [0.05, 0.1) is 13.1 Å². The zero-order valence-corrected chi connectivity index (χ0v) is 11.1. The second-order valence-electron chi connectivity index (χ2n) is 4.20. The standard InChI is InChI=1S/C11H22N6O/c1-3-5-16(7-10(12)15-18)8-11-13-9-14-17(11)6-4-2/h9,18H,3-8H2,1-2H3,(H2,12,15). The van der Waals surface area contributed by atoms with Gasteiger partial charge in [0.25, 0.3) is 0 Å². The van der Waals surface area contributed by atoms with Crippen molar-refractivity contribution in [3.63, 3.8) is 0 Å². The van der Waals surface area contributed by atoms with Crippen LogP contribution in [0, 0.1) is 0 Å². The Labute approximate surface area is 107 Å². The number of aryl methyl sites for hydroxylation is 1. The summed E-state index contributed by atoms with van der Waals surface area (Å²) >= 11 is 0. The average molecular weight is 254 g/mol. The molecule has 7 heteroatoms. The van der Waals surface area contributed by atoms with Gasteiger partial charge in [0.2, 0.25) is 0 Å². The summed E-state index contributed by atoms with van der Waals surface area (Å²) in [6.45, 7) is 7.02. The first kappa shape index (κ1) is 14.4. The van der Waals surface area contributed by atoms with Crippen molar-refractivity contribution in [1.29, 1.82) is 0 Å². The minimum Gasteiger partial charge on any atom is -0.409 e. The number of oxime groups is 1. The topological polar surface area (TPSA) is 92.6 Å². The van der Waals surface area contributed by atoms with Gasteiger partial charge in [-0.2, -0.15) is 5.10 Å². The molecular weight excluding hydrogens is 232 g/mol. The van der Waals surface area contributed by atoms with E-state index in [2.05, 4.69) is 34.0 Å². The van der Waals surface area contributed by atoms with Crippen molar-refractivity contribution >= 4 is 5.84 Å². The Morgan fingerprint density at radius 3 is 2.89 bits per heavy atom. The van der Waals surface area contributed by atoms with Crippen LogP contribution in [0.25, 0.3) is 0 Å². The van der Waals surface area contributed by atoms with Crippen molar-refractivity contribution < 1.29 is 5.21 Å². The van der Waals surface area contributed by atoms with Gasteiger partial charge >= 0.3 is 0 Å². The smallest absolute Gasteiger partial charge is 0.153 e. The molecule has 0 atom stereocenters. The van der Waals surface area contributed by atoms with Crippen LogP contribution in [0.4, 0.5) is 0 Å². The molecule has 0 aliphatic carbocycles. The largest absolute Gasteiger partial charge is 0.409 e. The number of hydrogen-bond donors (Lipinski definition) is 2. The third-order valence-electron chi connectivity index (χ3n) is 2.55. The molecule has 0 aromatic carbocycles. The molecule has 0 saturated carbocycles. The zero-order chi connectivity index (χ0) is 13.4. The normalized spacial score (nSPS) is 12.3. The van der Waals surface area contributed by atoms with Gasteiger partial charge in [-0.25, -0.2) is 9.67 Å². The van der Waals surface area contributed by atoms with E-state index >= 15 is 0 Å². The molecule has 0 bridgehead atoms. The minimum atomic E-state index is 0.213. The summed E-state index contributed by atoms with van der Waals surface area (Å²) in [4.78, 5) is 6.35. The third-order valence-corrected chi connectivity index (χ3v) is 2.55. The number of nitrogens with zero attached hydrogens (tertiary/aromatic N) is 5. The Bertz CT molecular complexity index is 375. The fraction of sp³-hybridized carbons (Fsp3) is 0.727.